The van der Waals surface area contributed by atoms with Crippen LogP contribution in [0.2, 0.25) is 5.02 Å². The lowest BCUT2D eigenvalue weighted by molar-refractivity contribution is 0.0814. The lowest BCUT2D eigenvalue weighted by atomic mass is 10.2. The summed E-state index contributed by atoms with van der Waals surface area (Å²) in [4.78, 5) is 0. The maximum atomic E-state index is 12.1. The Kier molecular flexibility index (Phi) is 6.93. The lowest BCUT2D eigenvalue weighted by Crippen LogP contribution is -2.19. The summed E-state index contributed by atoms with van der Waals surface area (Å²) in [6.45, 7) is 1.07. The van der Waals surface area contributed by atoms with Gasteiger partial charge >= 0.3 is 0 Å². The zero-order valence-corrected chi connectivity index (χ0v) is 10.8. The van der Waals surface area contributed by atoms with E-state index in [1.54, 1.807) is 25.3 Å². The van der Waals surface area contributed by atoms with Gasteiger partial charge in [-0.1, -0.05) is 23.7 Å². The SMILES string of the molecule is COCCNCc1cccc(Cl)c1OCC(F)F. The molecule has 0 radical (unpaired) electrons. The molecule has 1 N–H and O–H groups in total. The van der Waals surface area contributed by atoms with Crippen molar-refractivity contribution < 1.29 is 18.3 Å². The van der Waals surface area contributed by atoms with Gasteiger partial charge in [0.25, 0.3) is 6.43 Å². The van der Waals surface area contributed by atoms with Crippen LogP contribution in [0.25, 0.3) is 0 Å². The first kappa shape index (κ1) is 15.1. The molecule has 102 valence electrons. The van der Waals surface area contributed by atoms with Gasteiger partial charge < -0.3 is 14.8 Å². The van der Waals surface area contributed by atoms with Crippen molar-refractivity contribution in [2.75, 3.05) is 26.9 Å². The first-order valence-electron chi connectivity index (χ1n) is 5.53. The Morgan fingerprint density at radius 3 is 2.83 bits per heavy atom. The van der Waals surface area contributed by atoms with Gasteiger partial charge in [0.05, 0.1) is 11.6 Å². The van der Waals surface area contributed by atoms with Crippen molar-refractivity contribution in [2.24, 2.45) is 0 Å². The van der Waals surface area contributed by atoms with Crippen LogP contribution in [-0.2, 0) is 11.3 Å². The van der Waals surface area contributed by atoms with Crippen LogP contribution < -0.4 is 10.1 Å². The quantitative estimate of drug-likeness (QED) is 0.742. The van der Waals surface area contributed by atoms with Crippen LogP contribution in [0.4, 0.5) is 8.78 Å². The Hall–Kier alpha value is -0.910. The lowest BCUT2D eigenvalue weighted by Gasteiger charge is -2.13. The van der Waals surface area contributed by atoms with Crippen molar-refractivity contribution in [3.63, 3.8) is 0 Å². The van der Waals surface area contributed by atoms with Crippen molar-refractivity contribution in [3.8, 4) is 5.75 Å². The molecule has 0 unspecified atom stereocenters. The molecule has 0 bridgehead atoms. The maximum Gasteiger partial charge on any atom is 0.272 e. The fourth-order valence-corrected chi connectivity index (χ4v) is 1.65. The Morgan fingerprint density at radius 1 is 1.39 bits per heavy atom. The fourth-order valence-electron chi connectivity index (χ4n) is 1.40. The van der Waals surface area contributed by atoms with Gasteiger partial charge in [-0.25, -0.2) is 8.78 Å². The van der Waals surface area contributed by atoms with E-state index in [9.17, 15) is 8.78 Å². The number of alkyl halides is 2. The van der Waals surface area contributed by atoms with E-state index in [1.165, 1.54) is 0 Å². The van der Waals surface area contributed by atoms with Gasteiger partial charge in [0.15, 0.2) is 0 Å². The molecule has 0 fully saturated rings. The summed E-state index contributed by atoms with van der Waals surface area (Å²) in [6, 6.07) is 5.15. The Balaban J connectivity index is 2.61. The van der Waals surface area contributed by atoms with Crippen LogP contribution in [0.1, 0.15) is 5.56 Å². The molecule has 0 aliphatic heterocycles. The van der Waals surface area contributed by atoms with Gasteiger partial charge in [-0.3, -0.25) is 0 Å². The monoisotopic (exact) mass is 279 g/mol. The van der Waals surface area contributed by atoms with Crippen LogP contribution in [0.3, 0.4) is 0 Å². The molecule has 0 saturated carbocycles. The third kappa shape index (κ3) is 5.16. The topological polar surface area (TPSA) is 30.5 Å². The normalized spacial score (nSPS) is 10.9. The summed E-state index contributed by atoms with van der Waals surface area (Å²) in [5.74, 6) is 0.310. The van der Waals surface area contributed by atoms with Gasteiger partial charge in [0, 0.05) is 25.8 Å². The number of rotatable bonds is 8. The standard InChI is InChI=1S/C12H16ClF2NO2/c1-17-6-5-16-7-9-3-2-4-10(13)12(9)18-8-11(14)15/h2-4,11,16H,5-8H2,1H3. The molecule has 3 nitrogen and oxygen atoms in total. The molecular weight excluding hydrogens is 264 g/mol. The molecular formula is C12H16ClF2NO2. The van der Waals surface area contributed by atoms with Crippen LogP contribution >= 0.6 is 11.6 Å². The Labute approximate surface area is 110 Å². The Morgan fingerprint density at radius 2 is 2.17 bits per heavy atom. The predicted octanol–water partition coefficient (Wildman–Crippen LogP) is 2.72. The number of benzene rings is 1. The van der Waals surface area contributed by atoms with Crippen LogP contribution in [0.15, 0.2) is 18.2 Å². The van der Waals surface area contributed by atoms with Crippen molar-refractivity contribution in [1.29, 1.82) is 0 Å². The summed E-state index contributed by atoms with van der Waals surface area (Å²) in [5.41, 5.74) is 0.749. The van der Waals surface area contributed by atoms with Crippen LogP contribution in [0, 0.1) is 0 Å². The minimum atomic E-state index is -2.52. The summed E-state index contributed by atoms with van der Waals surface area (Å²) in [5, 5.41) is 3.44. The molecule has 0 amide bonds. The molecule has 18 heavy (non-hydrogen) atoms. The third-order valence-corrected chi connectivity index (χ3v) is 2.50. The van der Waals surface area contributed by atoms with Gasteiger partial charge in [-0.15, -0.1) is 0 Å². The summed E-state index contributed by atoms with van der Waals surface area (Å²) in [7, 11) is 1.61. The number of hydrogen-bond acceptors (Lipinski definition) is 3. The highest BCUT2D eigenvalue weighted by Gasteiger charge is 2.11. The maximum absolute atomic E-state index is 12.1. The van der Waals surface area contributed by atoms with Crippen molar-refractivity contribution in [3.05, 3.63) is 28.8 Å². The van der Waals surface area contributed by atoms with Crippen LogP contribution in [-0.4, -0.2) is 33.3 Å². The molecule has 0 aliphatic rings. The first-order valence-corrected chi connectivity index (χ1v) is 5.91. The summed E-state index contributed by atoms with van der Waals surface area (Å²) < 4.78 is 34.2. The highest BCUT2D eigenvalue weighted by molar-refractivity contribution is 6.32. The highest BCUT2D eigenvalue weighted by Crippen LogP contribution is 2.28. The second kappa shape index (κ2) is 8.24. The van der Waals surface area contributed by atoms with Gasteiger partial charge in [0.1, 0.15) is 12.4 Å². The highest BCUT2D eigenvalue weighted by atomic mass is 35.5. The van der Waals surface area contributed by atoms with E-state index in [0.29, 0.717) is 30.5 Å². The summed E-state index contributed by atoms with van der Waals surface area (Å²) in [6.07, 6.45) is -2.52. The van der Waals surface area contributed by atoms with Crippen molar-refractivity contribution in [2.45, 2.75) is 13.0 Å². The van der Waals surface area contributed by atoms with E-state index in [-0.39, 0.29) is 0 Å². The van der Waals surface area contributed by atoms with E-state index in [4.69, 9.17) is 21.1 Å². The van der Waals surface area contributed by atoms with E-state index in [2.05, 4.69) is 5.32 Å². The second-order valence-corrected chi connectivity index (χ2v) is 4.01. The van der Waals surface area contributed by atoms with Crippen molar-refractivity contribution in [1.82, 2.24) is 5.32 Å². The second-order valence-electron chi connectivity index (χ2n) is 3.60. The number of ether oxygens (including phenoxy) is 2. The molecule has 0 aliphatic carbocycles. The number of methoxy groups -OCH3 is 1. The zero-order valence-electron chi connectivity index (χ0n) is 10.1. The minimum absolute atomic E-state index is 0.310. The van der Waals surface area contributed by atoms with Gasteiger partial charge in [-0.05, 0) is 6.07 Å². The minimum Gasteiger partial charge on any atom is -0.486 e. The molecule has 0 aromatic heterocycles. The van der Waals surface area contributed by atoms with E-state index < -0.39 is 13.0 Å². The number of para-hydroxylation sites is 1. The average molecular weight is 280 g/mol. The van der Waals surface area contributed by atoms with E-state index in [0.717, 1.165) is 5.56 Å². The molecule has 1 aromatic rings. The molecule has 0 atom stereocenters. The molecule has 0 spiro atoms. The van der Waals surface area contributed by atoms with Gasteiger partial charge in [-0.2, -0.15) is 0 Å². The number of hydrogen-bond donors (Lipinski definition) is 1. The van der Waals surface area contributed by atoms with Crippen molar-refractivity contribution >= 4 is 11.6 Å². The largest absolute Gasteiger partial charge is 0.486 e. The zero-order chi connectivity index (χ0) is 13.4. The number of nitrogens with one attached hydrogen (secondary N) is 1. The molecule has 0 saturated heterocycles. The molecule has 6 heteroatoms. The van der Waals surface area contributed by atoms with E-state index >= 15 is 0 Å². The van der Waals surface area contributed by atoms with Crippen LogP contribution in [0.5, 0.6) is 5.75 Å². The molecule has 1 aromatic carbocycles. The number of halogens is 3. The first-order chi connectivity index (χ1) is 8.65. The molecule has 0 heterocycles. The molecule has 1 rings (SSSR count). The Bertz CT molecular complexity index is 364. The smallest absolute Gasteiger partial charge is 0.272 e. The fraction of sp³-hybridized carbons (Fsp3) is 0.500. The average Bonchev–Trinajstić information content (AvgIpc) is 2.33. The third-order valence-electron chi connectivity index (χ3n) is 2.20. The van der Waals surface area contributed by atoms with E-state index in [1.807, 2.05) is 0 Å². The summed E-state index contributed by atoms with van der Waals surface area (Å²) >= 11 is 5.93. The predicted molar refractivity (Wildman–Crippen MR) is 66.5 cm³/mol. The van der Waals surface area contributed by atoms with Gasteiger partial charge in [0.2, 0.25) is 0 Å².